The van der Waals surface area contributed by atoms with Gasteiger partial charge in [-0.3, -0.25) is 19.1 Å². The van der Waals surface area contributed by atoms with Crippen LogP contribution in [0.2, 0.25) is 0 Å². The van der Waals surface area contributed by atoms with Gasteiger partial charge in [0.2, 0.25) is 0 Å². The summed E-state index contributed by atoms with van der Waals surface area (Å²) in [6.07, 6.45) is 1.26. The molecule has 1 heterocycles. The largest absolute Gasteiger partial charge is 0.459 e. The van der Waals surface area contributed by atoms with E-state index >= 15 is 0 Å². The maximum Gasteiger partial charge on any atom is 0.328 e. The molecule has 17 heavy (non-hydrogen) atoms. The summed E-state index contributed by atoms with van der Waals surface area (Å²) in [5, 5.41) is 0. The van der Waals surface area contributed by atoms with E-state index in [-0.39, 0.29) is 11.0 Å². The number of hydrogen-bond donors (Lipinski definition) is 1. The van der Waals surface area contributed by atoms with Crippen LogP contribution in [-0.2, 0) is 16.1 Å². The Morgan fingerprint density at radius 2 is 2.06 bits per heavy atom. The van der Waals surface area contributed by atoms with Crippen LogP contribution in [0.4, 0.5) is 0 Å². The molecular weight excluding hydrogens is 292 g/mol. The van der Waals surface area contributed by atoms with Gasteiger partial charge in [0.1, 0.15) is 12.1 Å². The molecule has 0 saturated heterocycles. The van der Waals surface area contributed by atoms with E-state index < -0.39 is 22.8 Å². The summed E-state index contributed by atoms with van der Waals surface area (Å²) in [5.41, 5.74) is -1.79. The Labute approximate surface area is 106 Å². The predicted octanol–water partition coefficient (Wildman–Crippen LogP) is 0.641. The number of carbonyl (C=O) groups is 1. The minimum atomic E-state index is -0.649. The zero-order valence-electron chi connectivity index (χ0n) is 9.74. The number of aromatic nitrogens is 2. The maximum atomic E-state index is 11.5. The molecule has 94 valence electrons. The smallest absolute Gasteiger partial charge is 0.328 e. The lowest BCUT2D eigenvalue weighted by molar-refractivity contribution is -0.155. The van der Waals surface area contributed by atoms with Crippen molar-refractivity contribution in [2.24, 2.45) is 0 Å². The quantitative estimate of drug-likeness (QED) is 0.813. The first-order valence-corrected chi connectivity index (χ1v) is 5.69. The number of halogens is 1. The van der Waals surface area contributed by atoms with Gasteiger partial charge in [0.25, 0.3) is 5.56 Å². The third-order valence-corrected chi connectivity index (χ3v) is 2.25. The van der Waals surface area contributed by atoms with Crippen molar-refractivity contribution in [2.75, 3.05) is 0 Å². The number of carbonyl (C=O) groups excluding carboxylic acids is 1. The van der Waals surface area contributed by atoms with Crippen molar-refractivity contribution in [3.63, 3.8) is 0 Å². The fourth-order valence-electron chi connectivity index (χ4n) is 1.11. The summed E-state index contributed by atoms with van der Waals surface area (Å²) in [6.45, 7) is 4.95. The van der Waals surface area contributed by atoms with E-state index in [4.69, 9.17) is 4.74 Å². The van der Waals surface area contributed by atoms with Crippen molar-refractivity contribution < 1.29 is 9.53 Å². The molecule has 0 radical (unpaired) electrons. The molecule has 0 aliphatic rings. The van der Waals surface area contributed by atoms with Crippen LogP contribution >= 0.6 is 15.9 Å². The van der Waals surface area contributed by atoms with E-state index in [0.717, 1.165) is 4.57 Å². The highest BCUT2D eigenvalue weighted by Crippen LogP contribution is 2.07. The molecule has 0 atom stereocenters. The Balaban J connectivity index is 2.90. The van der Waals surface area contributed by atoms with Crippen LogP contribution < -0.4 is 11.2 Å². The van der Waals surface area contributed by atoms with Gasteiger partial charge in [-0.1, -0.05) is 0 Å². The van der Waals surface area contributed by atoms with Crippen LogP contribution in [0.1, 0.15) is 20.8 Å². The number of rotatable bonds is 2. The summed E-state index contributed by atoms with van der Waals surface area (Å²) in [7, 11) is 0. The summed E-state index contributed by atoms with van der Waals surface area (Å²) in [4.78, 5) is 36.0. The fraction of sp³-hybridized carbons (Fsp3) is 0.500. The second kappa shape index (κ2) is 4.87. The first kappa shape index (κ1) is 13.7. The van der Waals surface area contributed by atoms with Gasteiger partial charge in [0.05, 0.1) is 4.47 Å². The predicted molar refractivity (Wildman–Crippen MR) is 64.9 cm³/mol. The van der Waals surface area contributed by atoms with Crippen molar-refractivity contribution in [1.82, 2.24) is 9.55 Å². The normalized spacial score (nSPS) is 11.3. The molecule has 0 bridgehead atoms. The van der Waals surface area contributed by atoms with Crippen LogP contribution in [0.3, 0.4) is 0 Å². The zero-order valence-corrected chi connectivity index (χ0v) is 11.3. The zero-order chi connectivity index (χ0) is 13.2. The highest BCUT2D eigenvalue weighted by atomic mass is 79.9. The SMILES string of the molecule is CC(C)(C)OC(=O)Cn1cc(Br)c(=O)[nH]c1=O. The second-order valence-corrected chi connectivity index (χ2v) is 5.30. The Morgan fingerprint density at radius 1 is 1.47 bits per heavy atom. The summed E-state index contributed by atoms with van der Waals surface area (Å²) in [5.74, 6) is -0.543. The van der Waals surface area contributed by atoms with E-state index in [1.807, 2.05) is 0 Å². The van der Waals surface area contributed by atoms with E-state index in [9.17, 15) is 14.4 Å². The minimum Gasteiger partial charge on any atom is -0.459 e. The number of hydrogen-bond acceptors (Lipinski definition) is 4. The van der Waals surface area contributed by atoms with Gasteiger partial charge in [0, 0.05) is 6.20 Å². The molecule has 6 nitrogen and oxygen atoms in total. The highest BCUT2D eigenvalue weighted by molar-refractivity contribution is 9.10. The molecule has 0 aromatic carbocycles. The van der Waals surface area contributed by atoms with E-state index in [0.29, 0.717) is 0 Å². The lowest BCUT2D eigenvalue weighted by Gasteiger charge is -2.19. The first-order chi connectivity index (χ1) is 7.69. The Hall–Kier alpha value is -1.37. The molecule has 7 heteroatoms. The van der Waals surface area contributed by atoms with Crippen molar-refractivity contribution in [3.8, 4) is 0 Å². The minimum absolute atomic E-state index is 0.181. The van der Waals surface area contributed by atoms with Crippen molar-refractivity contribution in [3.05, 3.63) is 31.5 Å². The molecule has 1 aromatic rings. The van der Waals surface area contributed by atoms with Crippen molar-refractivity contribution >= 4 is 21.9 Å². The highest BCUT2D eigenvalue weighted by Gasteiger charge is 2.17. The molecule has 0 aliphatic carbocycles. The second-order valence-electron chi connectivity index (χ2n) is 4.45. The first-order valence-electron chi connectivity index (χ1n) is 4.90. The molecule has 0 aliphatic heterocycles. The number of H-pyrrole nitrogens is 1. The number of nitrogens with one attached hydrogen (secondary N) is 1. The third-order valence-electron chi connectivity index (χ3n) is 1.69. The average Bonchev–Trinajstić information content (AvgIpc) is 2.11. The third kappa shape index (κ3) is 4.18. The van der Waals surface area contributed by atoms with Crippen LogP contribution in [0, 0.1) is 0 Å². The van der Waals surface area contributed by atoms with E-state index in [2.05, 4.69) is 20.9 Å². The van der Waals surface area contributed by atoms with Crippen LogP contribution in [0.5, 0.6) is 0 Å². The molecule has 0 amide bonds. The van der Waals surface area contributed by atoms with Gasteiger partial charge in [-0.05, 0) is 36.7 Å². The lowest BCUT2D eigenvalue weighted by Crippen LogP contribution is -2.34. The number of nitrogens with zero attached hydrogens (tertiary/aromatic N) is 1. The average molecular weight is 305 g/mol. The fourth-order valence-corrected chi connectivity index (χ4v) is 1.46. The lowest BCUT2D eigenvalue weighted by atomic mass is 10.2. The molecule has 0 fully saturated rings. The number of esters is 1. The van der Waals surface area contributed by atoms with E-state index in [1.54, 1.807) is 20.8 Å². The maximum absolute atomic E-state index is 11.5. The van der Waals surface area contributed by atoms with Gasteiger partial charge in [0.15, 0.2) is 0 Å². The topological polar surface area (TPSA) is 81.2 Å². The van der Waals surface area contributed by atoms with Gasteiger partial charge < -0.3 is 4.74 Å². The molecule has 0 saturated carbocycles. The monoisotopic (exact) mass is 304 g/mol. The van der Waals surface area contributed by atoms with Gasteiger partial charge in [-0.25, -0.2) is 4.79 Å². The Morgan fingerprint density at radius 3 is 2.59 bits per heavy atom. The number of ether oxygens (including phenoxy) is 1. The molecule has 0 spiro atoms. The summed E-state index contributed by atoms with van der Waals surface area (Å²) >= 11 is 2.98. The van der Waals surface area contributed by atoms with E-state index in [1.165, 1.54) is 6.20 Å². The van der Waals surface area contributed by atoms with Crippen LogP contribution in [0.15, 0.2) is 20.3 Å². The Bertz CT molecular complexity index is 538. The van der Waals surface area contributed by atoms with Crippen LogP contribution in [0.25, 0.3) is 0 Å². The van der Waals surface area contributed by atoms with Crippen molar-refractivity contribution in [2.45, 2.75) is 32.9 Å². The summed E-state index contributed by atoms with van der Waals surface area (Å²) < 4.78 is 6.31. The summed E-state index contributed by atoms with van der Waals surface area (Å²) in [6, 6.07) is 0. The Kier molecular flexibility index (Phi) is 3.92. The molecule has 1 rings (SSSR count). The molecule has 1 N–H and O–H groups in total. The molecule has 1 aromatic heterocycles. The molecular formula is C10H13BrN2O4. The van der Waals surface area contributed by atoms with Gasteiger partial charge in [-0.2, -0.15) is 0 Å². The van der Waals surface area contributed by atoms with Gasteiger partial charge >= 0.3 is 11.7 Å². The molecule has 0 unspecified atom stereocenters. The van der Waals surface area contributed by atoms with Gasteiger partial charge in [-0.15, -0.1) is 0 Å². The van der Waals surface area contributed by atoms with Crippen molar-refractivity contribution in [1.29, 1.82) is 0 Å². The standard InChI is InChI=1S/C10H13BrN2O4/c1-10(2,3)17-7(14)5-13-4-6(11)8(15)12-9(13)16/h4H,5H2,1-3H3,(H,12,15,16). The number of aromatic amines is 1. The van der Waals surface area contributed by atoms with Crippen LogP contribution in [-0.4, -0.2) is 21.1 Å².